The lowest BCUT2D eigenvalue weighted by Gasteiger charge is -2.68. The van der Waals surface area contributed by atoms with Crippen molar-refractivity contribution < 1.29 is 19.1 Å². The van der Waals surface area contributed by atoms with Crippen molar-refractivity contribution in [1.29, 1.82) is 5.26 Å². The van der Waals surface area contributed by atoms with Crippen LogP contribution >= 0.6 is 0 Å². The second-order valence-electron chi connectivity index (χ2n) is 14.3. The molecule has 37 heavy (non-hydrogen) atoms. The van der Waals surface area contributed by atoms with E-state index in [1.54, 1.807) is 0 Å². The molecule has 5 heteroatoms. The van der Waals surface area contributed by atoms with Gasteiger partial charge in [0, 0.05) is 17.3 Å². The van der Waals surface area contributed by atoms with Crippen LogP contribution in [0.3, 0.4) is 0 Å². The molecule has 0 saturated heterocycles. The number of ether oxygens (including phenoxy) is 1. The van der Waals surface area contributed by atoms with Crippen molar-refractivity contribution in [2.24, 2.45) is 50.7 Å². The number of nitriles is 1. The van der Waals surface area contributed by atoms with Gasteiger partial charge in [-0.05, 0) is 86.0 Å². The summed E-state index contributed by atoms with van der Waals surface area (Å²) in [5.74, 6) is -0.480. The number of carbonyl (C=O) groups is 3. The molecule has 5 nitrogen and oxygen atoms in total. The van der Waals surface area contributed by atoms with Crippen molar-refractivity contribution >= 4 is 17.5 Å². The maximum atomic E-state index is 14.4. The van der Waals surface area contributed by atoms with E-state index in [4.69, 9.17) is 4.74 Å². The molecule has 5 aliphatic carbocycles. The number of Topliss-reactive ketones (excluding diaryl/α,β-unsaturated/α-hetero) is 1. The largest absolute Gasteiger partial charge is 0.466 e. The Morgan fingerprint density at radius 3 is 2.38 bits per heavy atom. The number of allylic oxidation sites excluding steroid dienone is 4. The van der Waals surface area contributed by atoms with Gasteiger partial charge < -0.3 is 4.74 Å². The minimum atomic E-state index is -0.589. The van der Waals surface area contributed by atoms with E-state index in [-0.39, 0.29) is 63.0 Å². The van der Waals surface area contributed by atoms with Gasteiger partial charge in [-0.3, -0.25) is 14.4 Å². The Balaban J connectivity index is 1.68. The predicted molar refractivity (Wildman–Crippen MR) is 141 cm³/mol. The first-order valence-corrected chi connectivity index (χ1v) is 14.3. The van der Waals surface area contributed by atoms with Crippen LogP contribution in [0.2, 0.25) is 0 Å². The fraction of sp³-hybridized carbons (Fsp3) is 0.750. The third-order valence-corrected chi connectivity index (χ3v) is 12.2. The van der Waals surface area contributed by atoms with Gasteiger partial charge in [0.1, 0.15) is 6.07 Å². The molecule has 0 bridgehead atoms. The molecule has 5 rings (SSSR count). The fourth-order valence-electron chi connectivity index (χ4n) is 9.88. The molecule has 3 unspecified atom stereocenters. The van der Waals surface area contributed by atoms with Gasteiger partial charge in [-0.15, -0.1) is 0 Å². The van der Waals surface area contributed by atoms with E-state index in [9.17, 15) is 19.6 Å². The van der Waals surface area contributed by atoms with Gasteiger partial charge in [-0.2, -0.15) is 5.26 Å². The lowest BCUT2D eigenvalue weighted by Crippen LogP contribution is -2.65. The van der Waals surface area contributed by atoms with Crippen LogP contribution in [0.4, 0.5) is 0 Å². The minimum absolute atomic E-state index is 0.0428. The normalized spacial score (nSPS) is 46.2. The highest BCUT2D eigenvalue weighted by atomic mass is 16.5. The highest BCUT2D eigenvalue weighted by Gasteiger charge is 2.70. The number of hydrogen-bond donors (Lipinski definition) is 0. The average molecular weight is 506 g/mol. The predicted octanol–water partition coefficient (Wildman–Crippen LogP) is 6.38. The number of ketones is 2. The highest BCUT2D eigenvalue weighted by Crippen LogP contribution is 2.73. The zero-order chi connectivity index (χ0) is 27.2. The Hall–Kier alpha value is -2.22. The molecule has 8 atom stereocenters. The monoisotopic (exact) mass is 505 g/mol. The number of carbonyl (C=O) groups excluding carboxylic acids is 3. The van der Waals surface area contributed by atoms with Gasteiger partial charge in [0.2, 0.25) is 0 Å². The summed E-state index contributed by atoms with van der Waals surface area (Å²) in [6.45, 7) is 15.5. The minimum Gasteiger partial charge on any atom is -0.466 e. The van der Waals surface area contributed by atoms with Crippen molar-refractivity contribution in [3.8, 4) is 6.07 Å². The molecule has 200 valence electrons. The molecule has 3 fully saturated rings. The molecule has 0 aromatic heterocycles. The van der Waals surface area contributed by atoms with Crippen LogP contribution in [0, 0.1) is 62.1 Å². The summed E-state index contributed by atoms with van der Waals surface area (Å²) in [5.41, 5.74) is -0.249. The maximum Gasteiger partial charge on any atom is 0.312 e. The Morgan fingerprint density at radius 2 is 1.73 bits per heavy atom. The van der Waals surface area contributed by atoms with E-state index in [2.05, 4.69) is 40.7 Å². The van der Waals surface area contributed by atoms with Crippen molar-refractivity contribution in [2.75, 3.05) is 6.61 Å². The lowest BCUT2D eigenvalue weighted by atomic mass is 9.35. The van der Waals surface area contributed by atoms with Crippen LogP contribution in [0.25, 0.3) is 0 Å². The molecule has 0 aliphatic heterocycles. The van der Waals surface area contributed by atoms with E-state index in [1.807, 2.05) is 26.0 Å². The molecule has 3 saturated carbocycles. The average Bonchev–Trinajstić information content (AvgIpc) is 2.82. The molecule has 0 amide bonds. The van der Waals surface area contributed by atoms with Gasteiger partial charge in [0.15, 0.2) is 11.6 Å². The standard InChI is InChI=1S/C32H43NO4/c1-8-37-27(36)32-13-11-28(3,4)17-22(32)25-23(34)15-24-29(5)16-20(18-33)26(35)19(2)21(29)9-10-30(24,6)31(25,7)12-14-32/h15-16,19,21-22,25H,8-14,17H2,1-7H3/t19-,21?,22?,25?,29-,30+,31+,32-/m0/s1. The molecule has 5 aliphatic rings. The van der Waals surface area contributed by atoms with E-state index in [0.717, 1.165) is 50.5 Å². The van der Waals surface area contributed by atoms with Crippen molar-refractivity contribution in [3.05, 3.63) is 23.3 Å². The topological polar surface area (TPSA) is 84.2 Å². The zero-order valence-corrected chi connectivity index (χ0v) is 23.7. The summed E-state index contributed by atoms with van der Waals surface area (Å²) in [4.78, 5) is 40.8. The quantitative estimate of drug-likeness (QED) is 0.407. The van der Waals surface area contributed by atoms with Gasteiger partial charge in [0.05, 0.1) is 17.6 Å². The van der Waals surface area contributed by atoms with Crippen molar-refractivity contribution in [3.63, 3.8) is 0 Å². The Labute approximate surface area is 222 Å². The first-order chi connectivity index (χ1) is 17.2. The van der Waals surface area contributed by atoms with E-state index < -0.39 is 10.8 Å². The van der Waals surface area contributed by atoms with Crippen LogP contribution in [0.5, 0.6) is 0 Å². The van der Waals surface area contributed by atoms with Crippen LogP contribution < -0.4 is 0 Å². The number of rotatable bonds is 2. The summed E-state index contributed by atoms with van der Waals surface area (Å²) < 4.78 is 5.69. The van der Waals surface area contributed by atoms with Crippen molar-refractivity contribution in [1.82, 2.24) is 0 Å². The molecule has 0 spiro atoms. The Morgan fingerprint density at radius 1 is 1.05 bits per heavy atom. The second kappa shape index (κ2) is 8.14. The number of esters is 1. The summed E-state index contributed by atoms with van der Waals surface area (Å²) in [5, 5.41) is 9.77. The van der Waals surface area contributed by atoms with Gasteiger partial charge in [0.25, 0.3) is 0 Å². The highest BCUT2D eigenvalue weighted by molar-refractivity contribution is 6.02. The summed E-state index contributed by atoms with van der Waals surface area (Å²) in [7, 11) is 0. The lowest BCUT2D eigenvalue weighted by molar-refractivity contribution is -0.192. The number of fused-ring (bicyclic) bond motifs is 7. The Bertz CT molecular complexity index is 1170. The summed E-state index contributed by atoms with van der Waals surface area (Å²) >= 11 is 0. The maximum absolute atomic E-state index is 14.4. The van der Waals surface area contributed by atoms with Crippen LogP contribution in [0.1, 0.15) is 93.4 Å². The summed E-state index contributed by atoms with van der Waals surface area (Å²) in [6, 6.07) is 2.15. The molecule has 0 aromatic carbocycles. The van der Waals surface area contributed by atoms with E-state index in [1.165, 1.54) is 0 Å². The van der Waals surface area contributed by atoms with Gasteiger partial charge in [-0.25, -0.2) is 0 Å². The SMILES string of the molecule is CCOC(=O)[C@]12CCC(C)(C)CC1C1C(=O)C=C3[C@@]4(C)C=C(C#N)C(=O)[C@@H](C)C4CC[C@@]3(C)[C@]1(C)CC2. The molecule has 0 radical (unpaired) electrons. The van der Waals surface area contributed by atoms with E-state index >= 15 is 0 Å². The van der Waals surface area contributed by atoms with Gasteiger partial charge >= 0.3 is 5.97 Å². The van der Waals surface area contributed by atoms with Crippen LogP contribution in [0.15, 0.2) is 23.3 Å². The second-order valence-corrected chi connectivity index (χ2v) is 14.3. The van der Waals surface area contributed by atoms with Gasteiger partial charge in [-0.1, -0.05) is 53.2 Å². The Kier molecular flexibility index (Phi) is 5.81. The molecular weight excluding hydrogens is 462 g/mol. The first kappa shape index (κ1) is 26.4. The van der Waals surface area contributed by atoms with Crippen LogP contribution in [-0.2, 0) is 19.1 Å². The zero-order valence-electron chi connectivity index (χ0n) is 23.7. The van der Waals surface area contributed by atoms with E-state index in [0.29, 0.717) is 6.61 Å². The van der Waals surface area contributed by atoms with Crippen LogP contribution in [-0.4, -0.2) is 24.1 Å². The molecule has 0 heterocycles. The number of nitrogens with zero attached hydrogens (tertiary/aromatic N) is 1. The fourth-order valence-corrected chi connectivity index (χ4v) is 9.88. The smallest absolute Gasteiger partial charge is 0.312 e. The first-order valence-electron chi connectivity index (χ1n) is 14.3. The molecule has 0 N–H and O–H groups in total. The van der Waals surface area contributed by atoms with Crippen molar-refractivity contribution in [2.45, 2.75) is 93.4 Å². The molecule has 0 aromatic rings. The third-order valence-electron chi connectivity index (χ3n) is 12.2. The summed E-state index contributed by atoms with van der Waals surface area (Å²) in [6.07, 6.45) is 9.74. The third kappa shape index (κ3) is 3.29. The number of hydrogen-bond acceptors (Lipinski definition) is 5. The molecular formula is C32H43NO4.